The summed E-state index contributed by atoms with van der Waals surface area (Å²) in [5.74, 6) is 0. The summed E-state index contributed by atoms with van der Waals surface area (Å²) in [5, 5.41) is 0. The molecule has 14 heavy (non-hydrogen) atoms. The van der Waals surface area contributed by atoms with Crippen LogP contribution in [0.5, 0.6) is 0 Å². The van der Waals surface area contributed by atoms with Crippen LogP contribution >= 0.6 is 0 Å². The first kappa shape index (κ1) is 9.72. The van der Waals surface area contributed by atoms with E-state index in [0.29, 0.717) is 6.04 Å². The van der Waals surface area contributed by atoms with Crippen LogP contribution in [-0.2, 0) is 0 Å². The normalized spacial score (nSPS) is 33.1. The minimum Gasteiger partial charge on any atom is -0.287 e. The number of fused-ring (bicyclic) bond motifs is 1. The third-order valence-electron chi connectivity index (χ3n) is 3.16. The van der Waals surface area contributed by atoms with Gasteiger partial charge in [-0.3, -0.25) is 4.90 Å². The van der Waals surface area contributed by atoms with Gasteiger partial charge in [-0.05, 0) is 26.7 Å². The third kappa shape index (κ3) is 1.83. The maximum Gasteiger partial charge on any atom is 0.0291 e. The second kappa shape index (κ2) is 4.14. The summed E-state index contributed by atoms with van der Waals surface area (Å²) in [6, 6.07) is 1.40. The van der Waals surface area contributed by atoms with Crippen molar-refractivity contribution in [1.29, 1.82) is 0 Å². The van der Waals surface area contributed by atoms with Crippen LogP contribution in [0.25, 0.3) is 0 Å². The van der Waals surface area contributed by atoms with Crippen molar-refractivity contribution in [3.05, 3.63) is 36.0 Å². The van der Waals surface area contributed by atoms with E-state index in [4.69, 9.17) is 0 Å². The highest BCUT2D eigenvalue weighted by Crippen LogP contribution is 2.31. The summed E-state index contributed by atoms with van der Waals surface area (Å²) in [6.45, 7) is 5.48. The largest absolute Gasteiger partial charge is 0.287 e. The fourth-order valence-corrected chi connectivity index (χ4v) is 2.51. The zero-order valence-electron chi connectivity index (χ0n) is 9.11. The van der Waals surface area contributed by atoms with Gasteiger partial charge >= 0.3 is 0 Å². The van der Waals surface area contributed by atoms with E-state index >= 15 is 0 Å². The topological polar surface area (TPSA) is 3.24 Å². The van der Waals surface area contributed by atoms with E-state index in [0.717, 1.165) is 6.04 Å². The minimum atomic E-state index is 0.671. The van der Waals surface area contributed by atoms with Gasteiger partial charge in [0.05, 0.1) is 0 Å². The van der Waals surface area contributed by atoms with Gasteiger partial charge in [0, 0.05) is 18.6 Å². The lowest BCUT2D eigenvalue weighted by Crippen LogP contribution is -2.30. The Kier molecular flexibility index (Phi) is 2.87. The van der Waals surface area contributed by atoms with Crippen molar-refractivity contribution in [2.45, 2.75) is 38.8 Å². The van der Waals surface area contributed by atoms with Crippen molar-refractivity contribution in [1.82, 2.24) is 4.90 Å². The molecular weight excluding hydrogens is 170 g/mol. The van der Waals surface area contributed by atoms with Crippen LogP contribution in [0.1, 0.15) is 26.7 Å². The van der Waals surface area contributed by atoms with Gasteiger partial charge in [-0.1, -0.05) is 36.0 Å². The molecule has 2 heterocycles. The van der Waals surface area contributed by atoms with E-state index in [1.165, 1.54) is 19.4 Å². The Bertz CT molecular complexity index is 286. The highest BCUT2D eigenvalue weighted by atomic mass is 15.2. The summed E-state index contributed by atoms with van der Waals surface area (Å²) >= 11 is 0. The Morgan fingerprint density at radius 3 is 3.00 bits per heavy atom. The van der Waals surface area contributed by atoms with Crippen molar-refractivity contribution in [2.24, 2.45) is 0 Å². The molecule has 1 saturated heterocycles. The smallest absolute Gasteiger partial charge is 0.0291 e. The SMILES string of the molecule is C/C=C/C=C/[C@H]1CC[C@@H]2C=C(C)CN21. The van der Waals surface area contributed by atoms with Gasteiger partial charge < -0.3 is 0 Å². The van der Waals surface area contributed by atoms with Crippen LogP contribution in [0.4, 0.5) is 0 Å². The summed E-state index contributed by atoms with van der Waals surface area (Å²) in [4.78, 5) is 2.61. The number of hydrogen-bond acceptors (Lipinski definition) is 1. The fraction of sp³-hybridized carbons (Fsp3) is 0.538. The number of nitrogens with zero attached hydrogens (tertiary/aromatic N) is 1. The van der Waals surface area contributed by atoms with Gasteiger partial charge in [-0.25, -0.2) is 0 Å². The molecule has 2 atom stereocenters. The van der Waals surface area contributed by atoms with Crippen LogP contribution in [0.2, 0.25) is 0 Å². The molecule has 0 aromatic rings. The molecule has 2 rings (SSSR count). The van der Waals surface area contributed by atoms with E-state index in [1.54, 1.807) is 5.57 Å². The second-order valence-electron chi connectivity index (χ2n) is 4.31. The third-order valence-corrected chi connectivity index (χ3v) is 3.16. The lowest BCUT2D eigenvalue weighted by molar-refractivity contribution is 0.292. The average molecular weight is 189 g/mol. The molecule has 0 saturated carbocycles. The maximum absolute atomic E-state index is 2.61. The first-order valence-electron chi connectivity index (χ1n) is 5.54. The van der Waals surface area contributed by atoms with Crippen molar-refractivity contribution in [3.63, 3.8) is 0 Å². The molecule has 1 heteroatoms. The first-order chi connectivity index (χ1) is 6.81. The molecule has 1 fully saturated rings. The zero-order chi connectivity index (χ0) is 9.97. The monoisotopic (exact) mass is 189 g/mol. The molecule has 1 nitrogen and oxygen atoms in total. The summed E-state index contributed by atoms with van der Waals surface area (Å²) in [6.07, 6.45) is 13.8. The predicted octanol–water partition coefficient (Wildman–Crippen LogP) is 2.91. The lowest BCUT2D eigenvalue weighted by atomic mass is 10.1. The summed E-state index contributed by atoms with van der Waals surface area (Å²) in [7, 11) is 0. The van der Waals surface area contributed by atoms with Crippen molar-refractivity contribution in [2.75, 3.05) is 6.54 Å². The highest BCUT2D eigenvalue weighted by molar-refractivity contribution is 5.20. The average Bonchev–Trinajstić information content (AvgIpc) is 2.66. The zero-order valence-corrected chi connectivity index (χ0v) is 9.11. The quantitative estimate of drug-likeness (QED) is 0.477. The Balaban J connectivity index is 1.98. The molecule has 0 amide bonds. The van der Waals surface area contributed by atoms with Crippen LogP contribution in [0, 0.1) is 0 Å². The van der Waals surface area contributed by atoms with Crippen LogP contribution in [-0.4, -0.2) is 23.5 Å². The number of rotatable bonds is 2. The second-order valence-corrected chi connectivity index (χ2v) is 4.31. The van der Waals surface area contributed by atoms with Gasteiger partial charge in [-0.15, -0.1) is 0 Å². The van der Waals surface area contributed by atoms with Gasteiger partial charge in [0.2, 0.25) is 0 Å². The van der Waals surface area contributed by atoms with Gasteiger partial charge in [0.15, 0.2) is 0 Å². The highest BCUT2D eigenvalue weighted by Gasteiger charge is 2.33. The Morgan fingerprint density at radius 2 is 2.21 bits per heavy atom. The van der Waals surface area contributed by atoms with Gasteiger partial charge in [0.1, 0.15) is 0 Å². The molecule has 0 unspecified atom stereocenters. The van der Waals surface area contributed by atoms with E-state index in [9.17, 15) is 0 Å². The summed E-state index contributed by atoms with van der Waals surface area (Å²) < 4.78 is 0. The first-order valence-corrected chi connectivity index (χ1v) is 5.54. The molecule has 0 radical (unpaired) electrons. The minimum absolute atomic E-state index is 0.671. The molecule has 0 aliphatic carbocycles. The lowest BCUT2D eigenvalue weighted by Gasteiger charge is -2.21. The molecule has 0 bridgehead atoms. The van der Waals surface area contributed by atoms with E-state index < -0.39 is 0 Å². The van der Waals surface area contributed by atoms with Gasteiger partial charge in [0.25, 0.3) is 0 Å². The Morgan fingerprint density at radius 1 is 1.36 bits per heavy atom. The molecular formula is C13H19N. The summed E-state index contributed by atoms with van der Waals surface area (Å²) in [5.41, 5.74) is 1.54. The molecule has 2 aliphatic heterocycles. The number of allylic oxidation sites excluding steroid dienone is 3. The standard InChI is InChI=1S/C13H19N/c1-3-4-5-6-12-7-8-13-9-11(2)10-14(12)13/h3-6,9,12-13H,7-8,10H2,1-2H3/b4-3+,6-5+/t12-,13+/m0/s1. The van der Waals surface area contributed by atoms with E-state index in [2.05, 4.69) is 49.1 Å². The van der Waals surface area contributed by atoms with Crippen molar-refractivity contribution in [3.8, 4) is 0 Å². The van der Waals surface area contributed by atoms with Crippen LogP contribution < -0.4 is 0 Å². The molecule has 76 valence electrons. The molecule has 0 aromatic carbocycles. The molecule has 2 aliphatic rings. The molecule has 0 N–H and O–H groups in total. The van der Waals surface area contributed by atoms with Gasteiger partial charge in [-0.2, -0.15) is 0 Å². The maximum atomic E-state index is 2.61. The number of hydrogen-bond donors (Lipinski definition) is 0. The molecule has 0 aromatic heterocycles. The van der Waals surface area contributed by atoms with E-state index in [1.807, 2.05) is 0 Å². The fourth-order valence-electron chi connectivity index (χ4n) is 2.51. The van der Waals surface area contributed by atoms with Crippen LogP contribution in [0.3, 0.4) is 0 Å². The van der Waals surface area contributed by atoms with E-state index in [-0.39, 0.29) is 0 Å². The van der Waals surface area contributed by atoms with Crippen LogP contribution in [0.15, 0.2) is 36.0 Å². The Hall–Kier alpha value is -0.820. The predicted molar refractivity (Wildman–Crippen MR) is 61.2 cm³/mol. The Labute approximate surface area is 86.8 Å². The van der Waals surface area contributed by atoms with Crippen molar-refractivity contribution >= 4 is 0 Å². The van der Waals surface area contributed by atoms with Crippen molar-refractivity contribution < 1.29 is 0 Å². The molecule has 0 spiro atoms.